The van der Waals surface area contributed by atoms with Crippen LogP contribution in [0.15, 0.2) is 12.4 Å². The molecule has 1 aromatic rings. The minimum atomic E-state index is -0.313. The Morgan fingerprint density at radius 3 is 2.63 bits per heavy atom. The van der Waals surface area contributed by atoms with Crippen molar-refractivity contribution in [3.8, 4) is 5.88 Å². The van der Waals surface area contributed by atoms with Gasteiger partial charge in [-0.05, 0) is 19.8 Å². The number of nitrogens with zero attached hydrogens (tertiary/aromatic N) is 2. The highest BCUT2D eigenvalue weighted by Gasteiger charge is 2.44. The largest absolute Gasteiger partial charge is 0.480 e. The van der Waals surface area contributed by atoms with Gasteiger partial charge in [0.05, 0.1) is 18.8 Å². The van der Waals surface area contributed by atoms with Gasteiger partial charge in [0.1, 0.15) is 5.69 Å². The number of nitrogens with one attached hydrogen (secondary N) is 1. The van der Waals surface area contributed by atoms with E-state index >= 15 is 0 Å². The molecule has 1 aromatic heterocycles. The van der Waals surface area contributed by atoms with Gasteiger partial charge in [-0.3, -0.25) is 10.8 Å². The molecular formula is C13H22N4O2. The SMILES string of the molecule is CCOC1(C(NN)c2nccnc2OC)CCCC1. The molecule has 1 aliphatic carbocycles. The third-order valence-electron chi connectivity index (χ3n) is 3.73. The third kappa shape index (κ3) is 2.70. The molecule has 6 nitrogen and oxygen atoms in total. The Morgan fingerprint density at radius 2 is 2.05 bits per heavy atom. The topological polar surface area (TPSA) is 82.3 Å². The molecule has 6 heteroatoms. The van der Waals surface area contributed by atoms with Crippen molar-refractivity contribution in [1.82, 2.24) is 15.4 Å². The molecular weight excluding hydrogens is 244 g/mol. The average molecular weight is 266 g/mol. The fourth-order valence-corrected chi connectivity index (χ4v) is 2.95. The molecule has 1 aliphatic rings. The number of hydrogen-bond acceptors (Lipinski definition) is 6. The number of ether oxygens (including phenoxy) is 2. The maximum absolute atomic E-state index is 6.03. The average Bonchev–Trinajstić information content (AvgIpc) is 2.90. The van der Waals surface area contributed by atoms with E-state index in [1.807, 2.05) is 6.92 Å². The zero-order valence-electron chi connectivity index (χ0n) is 11.6. The molecule has 1 saturated carbocycles. The Bertz CT molecular complexity index is 407. The Labute approximate surface area is 113 Å². The molecule has 1 fully saturated rings. The van der Waals surface area contributed by atoms with Crippen LogP contribution in [0.2, 0.25) is 0 Å². The summed E-state index contributed by atoms with van der Waals surface area (Å²) in [5.74, 6) is 6.27. The van der Waals surface area contributed by atoms with E-state index in [2.05, 4.69) is 15.4 Å². The van der Waals surface area contributed by atoms with Gasteiger partial charge in [0, 0.05) is 19.0 Å². The fourth-order valence-electron chi connectivity index (χ4n) is 2.95. The molecule has 0 radical (unpaired) electrons. The quantitative estimate of drug-likeness (QED) is 0.597. The van der Waals surface area contributed by atoms with Gasteiger partial charge >= 0.3 is 0 Å². The lowest BCUT2D eigenvalue weighted by molar-refractivity contribution is -0.0642. The highest BCUT2D eigenvalue weighted by atomic mass is 16.5. The lowest BCUT2D eigenvalue weighted by atomic mass is 9.89. The Kier molecular flexibility index (Phi) is 4.68. The van der Waals surface area contributed by atoms with Crippen LogP contribution in [0.3, 0.4) is 0 Å². The van der Waals surface area contributed by atoms with Crippen molar-refractivity contribution in [2.45, 2.75) is 44.2 Å². The lowest BCUT2D eigenvalue weighted by Gasteiger charge is -2.36. The van der Waals surface area contributed by atoms with Crippen molar-refractivity contribution >= 4 is 0 Å². The summed E-state index contributed by atoms with van der Waals surface area (Å²) in [6, 6.07) is -0.210. The predicted octanol–water partition coefficient (Wildman–Crippen LogP) is 1.34. The smallest absolute Gasteiger partial charge is 0.237 e. The molecule has 0 amide bonds. The van der Waals surface area contributed by atoms with Crippen LogP contribution in [0.5, 0.6) is 5.88 Å². The maximum atomic E-state index is 6.03. The maximum Gasteiger partial charge on any atom is 0.237 e. The summed E-state index contributed by atoms with van der Waals surface area (Å²) in [5, 5.41) is 0. The summed E-state index contributed by atoms with van der Waals surface area (Å²) in [6.07, 6.45) is 7.47. The normalized spacial score (nSPS) is 19.3. The van der Waals surface area contributed by atoms with Gasteiger partial charge in [-0.1, -0.05) is 12.8 Å². The second-order valence-corrected chi connectivity index (χ2v) is 4.76. The van der Waals surface area contributed by atoms with Crippen LogP contribution < -0.4 is 16.0 Å². The first-order valence-electron chi connectivity index (χ1n) is 6.72. The lowest BCUT2D eigenvalue weighted by Crippen LogP contribution is -2.47. The van der Waals surface area contributed by atoms with Gasteiger partial charge in [-0.15, -0.1) is 0 Å². The highest BCUT2D eigenvalue weighted by Crippen LogP contribution is 2.43. The summed E-state index contributed by atoms with van der Waals surface area (Å²) in [7, 11) is 1.59. The van der Waals surface area contributed by atoms with Crippen molar-refractivity contribution in [3.63, 3.8) is 0 Å². The molecule has 2 rings (SSSR count). The monoisotopic (exact) mass is 266 g/mol. The molecule has 0 aliphatic heterocycles. The van der Waals surface area contributed by atoms with E-state index in [9.17, 15) is 0 Å². The zero-order valence-corrected chi connectivity index (χ0v) is 11.6. The van der Waals surface area contributed by atoms with E-state index in [4.69, 9.17) is 15.3 Å². The van der Waals surface area contributed by atoms with Crippen molar-refractivity contribution < 1.29 is 9.47 Å². The van der Waals surface area contributed by atoms with E-state index in [0.29, 0.717) is 18.2 Å². The molecule has 1 heterocycles. The zero-order chi connectivity index (χ0) is 13.7. The van der Waals surface area contributed by atoms with Crippen LogP contribution >= 0.6 is 0 Å². The van der Waals surface area contributed by atoms with Crippen LogP contribution in [-0.4, -0.2) is 29.3 Å². The first kappa shape index (κ1) is 14.2. The summed E-state index contributed by atoms with van der Waals surface area (Å²) in [5.41, 5.74) is 3.25. The molecule has 19 heavy (non-hydrogen) atoms. The Morgan fingerprint density at radius 1 is 1.37 bits per heavy atom. The van der Waals surface area contributed by atoms with E-state index in [0.717, 1.165) is 25.7 Å². The summed E-state index contributed by atoms with van der Waals surface area (Å²) in [6.45, 7) is 2.66. The fraction of sp³-hybridized carbons (Fsp3) is 0.692. The number of hydrogen-bond donors (Lipinski definition) is 2. The molecule has 0 saturated heterocycles. The number of aromatic nitrogens is 2. The van der Waals surface area contributed by atoms with Gasteiger partial charge in [-0.2, -0.15) is 0 Å². The second-order valence-electron chi connectivity index (χ2n) is 4.76. The molecule has 0 bridgehead atoms. The van der Waals surface area contributed by atoms with Gasteiger partial charge < -0.3 is 9.47 Å². The molecule has 0 spiro atoms. The third-order valence-corrected chi connectivity index (χ3v) is 3.73. The van der Waals surface area contributed by atoms with Crippen LogP contribution in [0.1, 0.15) is 44.3 Å². The standard InChI is InChI=1S/C13H22N4O2/c1-3-19-13(6-4-5-7-13)11(17-14)10-12(18-2)16-9-8-15-10/h8-9,11,17H,3-7,14H2,1-2H3. The number of rotatable bonds is 6. The highest BCUT2D eigenvalue weighted by molar-refractivity contribution is 5.25. The minimum Gasteiger partial charge on any atom is -0.480 e. The number of hydrazine groups is 1. The van der Waals surface area contributed by atoms with Crippen molar-refractivity contribution in [1.29, 1.82) is 0 Å². The number of methoxy groups -OCH3 is 1. The van der Waals surface area contributed by atoms with Crippen molar-refractivity contribution in [2.24, 2.45) is 5.84 Å². The van der Waals surface area contributed by atoms with Crippen LogP contribution in [-0.2, 0) is 4.74 Å². The first-order chi connectivity index (χ1) is 9.27. The van der Waals surface area contributed by atoms with E-state index in [1.165, 1.54) is 0 Å². The van der Waals surface area contributed by atoms with Crippen LogP contribution in [0.4, 0.5) is 0 Å². The van der Waals surface area contributed by atoms with Gasteiger partial charge in [0.2, 0.25) is 5.88 Å². The van der Waals surface area contributed by atoms with Crippen LogP contribution in [0, 0.1) is 0 Å². The predicted molar refractivity (Wildman–Crippen MR) is 71.5 cm³/mol. The second kappa shape index (κ2) is 6.27. The molecule has 1 unspecified atom stereocenters. The van der Waals surface area contributed by atoms with Crippen molar-refractivity contribution in [3.05, 3.63) is 18.1 Å². The molecule has 106 valence electrons. The number of nitrogens with two attached hydrogens (primary N) is 1. The van der Waals surface area contributed by atoms with Crippen LogP contribution in [0.25, 0.3) is 0 Å². The summed E-state index contributed by atoms with van der Waals surface area (Å²) < 4.78 is 11.3. The van der Waals surface area contributed by atoms with E-state index in [1.54, 1.807) is 19.5 Å². The summed E-state index contributed by atoms with van der Waals surface area (Å²) in [4.78, 5) is 8.58. The molecule has 3 N–H and O–H groups in total. The van der Waals surface area contributed by atoms with Gasteiger partial charge in [-0.25, -0.2) is 10.4 Å². The van der Waals surface area contributed by atoms with Gasteiger partial charge in [0.15, 0.2) is 0 Å². The Hall–Kier alpha value is -1.24. The van der Waals surface area contributed by atoms with Gasteiger partial charge in [0.25, 0.3) is 0 Å². The molecule has 1 atom stereocenters. The molecule has 0 aromatic carbocycles. The minimum absolute atomic E-state index is 0.210. The summed E-state index contributed by atoms with van der Waals surface area (Å²) >= 11 is 0. The van der Waals surface area contributed by atoms with E-state index < -0.39 is 0 Å². The van der Waals surface area contributed by atoms with Crippen molar-refractivity contribution in [2.75, 3.05) is 13.7 Å². The Balaban J connectivity index is 2.37. The van der Waals surface area contributed by atoms with E-state index in [-0.39, 0.29) is 11.6 Å². The first-order valence-corrected chi connectivity index (χ1v) is 6.72.